The van der Waals surface area contributed by atoms with Crippen molar-refractivity contribution in [2.45, 2.75) is 26.3 Å². The van der Waals surface area contributed by atoms with E-state index in [1.54, 1.807) is 12.5 Å². The van der Waals surface area contributed by atoms with Crippen LogP contribution in [0.15, 0.2) is 12.3 Å². The van der Waals surface area contributed by atoms with Gasteiger partial charge in [0.2, 0.25) is 0 Å². The minimum Gasteiger partial charge on any atom is -0.396 e. The van der Waals surface area contributed by atoms with E-state index in [1.807, 2.05) is 19.9 Å². The highest BCUT2D eigenvalue weighted by Crippen LogP contribution is 2.19. The molecule has 16 heavy (non-hydrogen) atoms. The van der Waals surface area contributed by atoms with Gasteiger partial charge in [-0.2, -0.15) is 0 Å². The van der Waals surface area contributed by atoms with Crippen molar-refractivity contribution in [3.05, 3.63) is 17.8 Å². The zero-order valence-corrected chi connectivity index (χ0v) is 10.8. The van der Waals surface area contributed by atoms with E-state index in [2.05, 4.69) is 10.3 Å². The maximum atomic E-state index is 11.0. The average Bonchev–Trinajstić information content (AvgIpc) is 2.22. The molecular weight excluding hydrogens is 222 g/mol. The zero-order valence-electron chi connectivity index (χ0n) is 9.99. The molecule has 2 atom stereocenters. The second kappa shape index (κ2) is 5.84. The van der Waals surface area contributed by atoms with E-state index in [-0.39, 0.29) is 6.04 Å². The van der Waals surface area contributed by atoms with Crippen LogP contribution in [0, 0.1) is 6.92 Å². The Balaban J connectivity index is 2.59. The largest absolute Gasteiger partial charge is 0.396 e. The van der Waals surface area contributed by atoms with Crippen molar-refractivity contribution < 1.29 is 4.21 Å². The van der Waals surface area contributed by atoms with Crippen LogP contribution in [-0.4, -0.2) is 27.2 Å². The lowest BCUT2D eigenvalue weighted by atomic mass is 10.2. The second-order valence-corrected chi connectivity index (χ2v) is 5.56. The predicted molar refractivity (Wildman–Crippen MR) is 70.0 cm³/mol. The van der Waals surface area contributed by atoms with Crippen LogP contribution in [0.2, 0.25) is 0 Å². The number of aryl methyl sites for hydroxylation is 1. The van der Waals surface area contributed by atoms with Crippen molar-refractivity contribution in [3.63, 3.8) is 0 Å². The molecule has 0 spiro atoms. The lowest BCUT2D eigenvalue weighted by Gasteiger charge is -2.16. The van der Waals surface area contributed by atoms with Gasteiger partial charge in [-0.15, -0.1) is 0 Å². The number of pyridine rings is 1. The summed E-state index contributed by atoms with van der Waals surface area (Å²) < 4.78 is 11.0. The van der Waals surface area contributed by atoms with Crippen molar-refractivity contribution in [1.82, 2.24) is 4.98 Å². The molecule has 0 aliphatic heterocycles. The van der Waals surface area contributed by atoms with Crippen molar-refractivity contribution >= 4 is 22.3 Å². The lowest BCUT2D eigenvalue weighted by Crippen LogP contribution is -2.19. The van der Waals surface area contributed by atoms with E-state index < -0.39 is 10.8 Å². The molecule has 0 radical (unpaired) electrons. The first-order valence-electron chi connectivity index (χ1n) is 5.28. The molecule has 0 amide bonds. The molecule has 0 bridgehead atoms. The summed E-state index contributed by atoms with van der Waals surface area (Å²) >= 11 is 0. The Labute approximate surface area is 99.1 Å². The van der Waals surface area contributed by atoms with Gasteiger partial charge in [0.25, 0.3) is 0 Å². The molecule has 1 rings (SSSR count). The Hall–Kier alpha value is -1.10. The maximum Gasteiger partial charge on any atom is 0.149 e. The molecule has 1 aromatic heterocycles. The summed E-state index contributed by atoms with van der Waals surface area (Å²) in [5.41, 5.74) is 7.61. The van der Waals surface area contributed by atoms with E-state index in [0.717, 1.165) is 17.8 Å². The maximum absolute atomic E-state index is 11.0. The SMILES string of the molecule is Cc1ccnc(NC(C)CCS(C)=O)c1N. The first-order chi connectivity index (χ1) is 7.50. The number of nitrogens with two attached hydrogens (primary N) is 1. The molecule has 0 aliphatic carbocycles. The van der Waals surface area contributed by atoms with E-state index in [4.69, 9.17) is 5.73 Å². The van der Waals surface area contributed by atoms with Crippen LogP contribution in [0.5, 0.6) is 0 Å². The quantitative estimate of drug-likeness (QED) is 0.820. The third-order valence-electron chi connectivity index (χ3n) is 2.43. The zero-order chi connectivity index (χ0) is 12.1. The standard InChI is InChI=1S/C11H19N3OS/c1-8-4-6-13-11(10(8)12)14-9(2)5-7-16(3)15/h4,6,9H,5,7,12H2,1-3H3,(H,13,14). The Kier molecular flexibility index (Phi) is 4.73. The Morgan fingerprint density at radius 3 is 2.94 bits per heavy atom. The molecule has 0 saturated heterocycles. The van der Waals surface area contributed by atoms with Gasteiger partial charge in [0.15, 0.2) is 0 Å². The summed E-state index contributed by atoms with van der Waals surface area (Å²) in [4.78, 5) is 4.19. The molecule has 4 nitrogen and oxygen atoms in total. The molecule has 2 unspecified atom stereocenters. The molecule has 3 N–H and O–H groups in total. The number of aromatic nitrogens is 1. The van der Waals surface area contributed by atoms with E-state index in [9.17, 15) is 4.21 Å². The summed E-state index contributed by atoms with van der Waals surface area (Å²) in [5, 5.41) is 3.24. The number of hydrogen-bond acceptors (Lipinski definition) is 4. The normalized spacial score (nSPS) is 14.4. The molecule has 5 heteroatoms. The number of hydrogen-bond donors (Lipinski definition) is 2. The van der Waals surface area contributed by atoms with Gasteiger partial charge in [-0.25, -0.2) is 4.98 Å². The van der Waals surface area contributed by atoms with E-state index in [0.29, 0.717) is 11.4 Å². The van der Waals surface area contributed by atoms with Crippen LogP contribution in [0.3, 0.4) is 0 Å². The molecule has 0 aromatic carbocycles. The van der Waals surface area contributed by atoms with Gasteiger partial charge in [0, 0.05) is 35.0 Å². The van der Waals surface area contributed by atoms with Crippen LogP contribution >= 0.6 is 0 Å². The topological polar surface area (TPSA) is 68.0 Å². The predicted octanol–water partition coefficient (Wildman–Crippen LogP) is 1.54. The van der Waals surface area contributed by atoms with Gasteiger partial charge in [-0.05, 0) is 31.9 Å². The van der Waals surface area contributed by atoms with Gasteiger partial charge < -0.3 is 11.1 Å². The van der Waals surface area contributed by atoms with Gasteiger partial charge in [-0.1, -0.05) is 0 Å². The first-order valence-corrected chi connectivity index (χ1v) is 7.01. The van der Waals surface area contributed by atoms with Crippen LogP contribution in [0.4, 0.5) is 11.5 Å². The van der Waals surface area contributed by atoms with Crippen molar-refractivity contribution in [1.29, 1.82) is 0 Å². The van der Waals surface area contributed by atoms with Crippen molar-refractivity contribution in [2.24, 2.45) is 0 Å². The number of nitrogens with one attached hydrogen (secondary N) is 1. The summed E-state index contributed by atoms with van der Waals surface area (Å²) in [6.45, 7) is 3.99. The monoisotopic (exact) mass is 241 g/mol. The fourth-order valence-electron chi connectivity index (χ4n) is 1.33. The van der Waals surface area contributed by atoms with Gasteiger partial charge in [-0.3, -0.25) is 4.21 Å². The summed E-state index contributed by atoms with van der Waals surface area (Å²) in [5.74, 6) is 1.41. The third-order valence-corrected chi connectivity index (χ3v) is 3.24. The highest BCUT2D eigenvalue weighted by molar-refractivity contribution is 7.84. The van der Waals surface area contributed by atoms with Crippen LogP contribution < -0.4 is 11.1 Å². The van der Waals surface area contributed by atoms with Crippen molar-refractivity contribution in [3.8, 4) is 0 Å². The van der Waals surface area contributed by atoms with Gasteiger partial charge in [0.05, 0.1) is 5.69 Å². The minimum absolute atomic E-state index is 0.223. The molecule has 0 aliphatic rings. The molecule has 1 heterocycles. The summed E-state index contributed by atoms with van der Waals surface area (Å²) in [7, 11) is -0.746. The molecular formula is C11H19N3OS. The number of nitrogen functional groups attached to an aromatic ring is 1. The van der Waals surface area contributed by atoms with Gasteiger partial charge >= 0.3 is 0 Å². The molecule has 1 aromatic rings. The number of rotatable bonds is 5. The summed E-state index contributed by atoms with van der Waals surface area (Å²) in [6.07, 6.45) is 4.29. The minimum atomic E-state index is -0.746. The molecule has 0 fully saturated rings. The second-order valence-electron chi connectivity index (χ2n) is 4.00. The Morgan fingerprint density at radius 1 is 1.62 bits per heavy atom. The van der Waals surface area contributed by atoms with E-state index in [1.165, 1.54) is 0 Å². The van der Waals surface area contributed by atoms with E-state index >= 15 is 0 Å². The smallest absolute Gasteiger partial charge is 0.149 e. The Bertz CT molecular complexity index is 381. The number of anilines is 2. The Morgan fingerprint density at radius 2 is 2.31 bits per heavy atom. The first kappa shape index (κ1) is 13.0. The molecule has 0 saturated carbocycles. The summed E-state index contributed by atoms with van der Waals surface area (Å²) in [6, 6.07) is 2.10. The number of nitrogens with zero attached hydrogens (tertiary/aromatic N) is 1. The van der Waals surface area contributed by atoms with Crippen LogP contribution in [-0.2, 0) is 10.8 Å². The third kappa shape index (κ3) is 3.81. The highest BCUT2D eigenvalue weighted by Gasteiger charge is 2.07. The van der Waals surface area contributed by atoms with Crippen LogP contribution in [0.1, 0.15) is 18.9 Å². The average molecular weight is 241 g/mol. The lowest BCUT2D eigenvalue weighted by molar-refractivity contribution is 0.678. The van der Waals surface area contributed by atoms with Gasteiger partial charge in [0.1, 0.15) is 5.82 Å². The highest BCUT2D eigenvalue weighted by atomic mass is 32.2. The molecule has 90 valence electrons. The fraction of sp³-hybridized carbons (Fsp3) is 0.545. The van der Waals surface area contributed by atoms with Crippen LogP contribution in [0.25, 0.3) is 0 Å². The van der Waals surface area contributed by atoms with Crippen molar-refractivity contribution in [2.75, 3.05) is 23.1 Å². The fourth-order valence-corrected chi connectivity index (χ4v) is 2.02.